The van der Waals surface area contributed by atoms with E-state index < -0.39 is 0 Å². The van der Waals surface area contributed by atoms with Crippen molar-refractivity contribution in [2.24, 2.45) is 0 Å². The molecule has 0 fully saturated rings. The van der Waals surface area contributed by atoms with Crippen LogP contribution < -0.4 is 20.1 Å². The number of nitrogens with zero attached hydrogens (tertiary/aromatic N) is 1. The Morgan fingerprint density at radius 3 is 2.73 bits per heavy atom. The van der Waals surface area contributed by atoms with E-state index in [1.807, 2.05) is 0 Å². The van der Waals surface area contributed by atoms with Crippen LogP contribution in [0.5, 0.6) is 11.5 Å². The molecule has 3 rings (SSSR count). The largest absolute Gasteiger partial charge is 0.454 e. The highest BCUT2D eigenvalue weighted by molar-refractivity contribution is 6.05. The van der Waals surface area contributed by atoms with Crippen LogP contribution >= 0.6 is 0 Å². The highest BCUT2D eigenvalue weighted by Gasteiger charge is 2.15. The molecule has 0 radical (unpaired) electrons. The SMILES string of the molecule is CC(=O)Nc1cc(C(=O)Nc2ccc3c(c2)OCO3)ccn1. The van der Waals surface area contributed by atoms with Gasteiger partial charge < -0.3 is 20.1 Å². The van der Waals surface area contributed by atoms with Gasteiger partial charge in [0.15, 0.2) is 11.5 Å². The average Bonchev–Trinajstić information content (AvgIpc) is 2.94. The van der Waals surface area contributed by atoms with Gasteiger partial charge in [0, 0.05) is 30.4 Å². The van der Waals surface area contributed by atoms with Gasteiger partial charge in [0.1, 0.15) is 5.82 Å². The van der Waals surface area contributed by atoms with E-state index >= 15 is 0 Å². The molecule has 0 saturated carbocycles. The number of ether oxygens (including phenoxy) is 2. The molecule has 22 heavy (non-hydrogen) atoms. The second kappa shape index (κ2) is 5.72. The molecular weight excluding hydrogens is 286 g/mol. The van der Waals surface area contributed by atoms with E-state index in [1.165, 1.54) is 19.2 Å². The van der Waals surface area contributed by atoms with Gasteiger partial charge in [0.25, 0.3) is 5.91 Å². The van der Waals surface area contributed by atoms with E-state index in [-0.39, 0.29) is 18.6 Å². The standard InChI is InChI=1S/C15H13N3O4/c1-9(19)17-14-6-10(4-5-16-14)15(20)18-11-2-3-12-13(7-11)22-8-21-12/h2-7H,8H2,1H3,(H,18,20)(H,16,17,19). The minimum atomic E-state index is -0.312. The summed E-state index contributed by atoms with van der Waals surface area (Å²) in [5, 5.41) is 5.28. The van der Waals surface area contributed by atoms with Gasteiger partial charge in [-0.25, -0.2) is 4.98 Å². The summed E-state index contributed by atoms with van der Waals surface area (Å²) in [7, 11) is 0. The van der Waals surface area contributed by atoms with Crippen molar-refractivity contribution >= 4 is 23.3 Å². The van der Waals surface area contributed by atoms with Crippen molar-refractivity contribution in [1.29, 1.82) is 0 Å². The minimum Gasteiger partial charge on any atom is -0.454 e. The summed E-state index contributed by atoms with van der Waals surface area (Å²) in [6.07, 6.45) is 1.46. The number of benzene rings is 1. The number of nitrogens with one attached hydrogen (secondary N) is 2. The summed E-state index contributed by atoms with van der Waals surface area (Å²) < 4.78 is 10.5. The van der Waals surface area contributed by atoms with E-state index in [1.54, 1.807) is 24.3 Å². The Balaban J connectivity index is 1.75. The van der Waals surface area contributed by atoms with Crippen LogP contribution in [0.3, 0.4) is 0 Å². The van der Waals surface area contributed by atoms with Crippen LogP contribution in [0.25, 0.3) is 0 Å². The molecule has 7 nitrogen and oxygen atoms in total. The highest BCUT2D eigenvalue weighted by atomic mass is 16.7. The number of fused-ring (bicyclic) bond motifs is 1. The van der Waals surface area contributed by atoms with Gasteiger partial charge in [0.05, 0.1) is 0 Å². The molecular formula is C15H13N3O4. The van der Waals surface area contributed by atoms with E-state index in [0.717, 1.165) is 0 Å². The molecule has 2 heterocycles. The molecule has 1 aliphatic rings. The molecule has 0 unspecified atom stereocenters. The number of rotatable bonds is 3. The monoisotopic (exact) mass is 299 g/mol. The molecule has 2 N–H and O–H groups in total. The Labute approximate surface area is 126 Å². The van der Waals surface area contributed by atoms with Crippen LogP contribution in [0.1, 0.15) is 17.3 Å². The Hall–Kier alpha value is -3.09. The number of anilines is 2. The van der Waals surface area contributed by atoms with E-state index in [2.05, 4.69) is 15.6 Å². The maximum absolute atomic E-state index is 12.2. The molecule has 112 valence electrons. The van der Waals surface area contributed by atoms with Crippen molar-refractivity contribution in [2.75, 3.05) is 17.4 Å². The maximum atomic E-state index is 12.2. The zero-order chi connectivity index (χ0) is 15.5. The molecule has 2 aromatic rings. The molecule has 1 aromatic carbocycles. The van der Waals surface area contributed by atoms with Gasteiger partial charge in [-0.2, -0.15) is 0 Å². The van der Waals surface area contributed by atoms with Crippen molar-refractivity contribution in [3.8, 4) is 11.5 Å². The Morgan fingerprint density at radius 1 is 1.09 bits per heavy atom. The first-order valence-electron chi connectivity index (χ1n) is 6.56. The minimum absolute atomic E-state index is 0.178. The lowest BCUT2D eigenvalue weighted by atomic mass is 10.2. The third-order valence-corrected chi connectivity index (χ3v) is 2.96. The van der Waals surface area contributed by atoms with Crippen LogP contribution in [0.15, 0.2) is 36.5 Å². The number of aromatic nitrogens is 1. The number of hydrogen-bond donors (Lipinski definition) is 2. The smallest absolute Gasteiger partial charge is 0.255 e. The van der Waals surface area contributed by atoms with Gasteiger partial charge in [-0.1, -0.05) is 0 Å². The zero-order valence-electron chi connectivity index (χ0n) is 11.8. The zero-order valence-corrected chi connectivity index (χ0v) is 11.8. The lowest BCUT2D eigenvalue weighted by Crippen LogP contribution is -2.13. The first kappa shape index (κ1) is 13.9. The van der Waals surface area contributed by atoms with Crippen LogP contribution in [0.4, 0.5) is 11.5 Å². The van der Waals surface area contributed by atoms with Gasteiger partial charge >= 0.3 is 0 Å². The molecule has 1 aromatic heterocycles. The number of hydrogen-bond acceptors (Lipinski definition) is 5. The first-order chi connectivity index (χ1) is 10.6. The van der Waals surface area contributed by atoms with E-state index in [4.69, 9.17) is 9.47 Å². The molecule has 0 spiro atoms. The predicted molar refractivity (Wildman–Crippen MR) is 79.1 cm³/mol. The van der Waals surface area contributed by atoms with Crippen LogP contribution in [0.2, 0.25) is 0 Å². The molecule has 0 aliphatic carbocycles. The average molecular weight is 299 g/mol. The number of amides is 2. The predicted octanol–water partition coefficient (Wildman–Crippen LogP) is 2.02. The van der Waals surface area contributed by atoms with Gasteiger partial charge in [-0.3, -0.25) is 9.59 Å². The molecule has 0 bridgehead atoms. The highest BCUT2D eigenvalue weighted by Crippen LogP contribution is 2.34. The first-order valence-corrected chi connectivity index (χ1v) is 6.56. The fourth-order valence-electron chi connectivity index (χ4n) is 2.00. The molecule has 2 amide bonds. The van der Waals surface area contributed by atoms with Gasteiger partial charge in [-0.15, -0.1) is 0 Å². The van der Waals surface area contributed by atoms with E-state index in [9.17, 15) is 9.59 Å². The summed E-state index contributed by atoms with van der Waals surface area (Å²) in [4.78, 5) is 27.2. The Kier molecular flexibility index (Phi) is 3.61. The molecule has 0 saturated heterocycles. The molecule has 1 aliphatic heterocycles. The Bertz CT molecular complexity index is 745. The summed E-state index contributed by atoms with van der Waals surface area (Å²) in [5.74, 6) is 1.00. The third kappa shape index (κ3) is 2.98. The van der Waals surface area contributed by atoms with Crippen molar-refractivity contribution in [3.05, 3.63) is 42.1 Å². The fraction of sp³-hybridized carbons (Fsp3) is 0.133. The lowest BCUT2D eigenvalue weighted by molar-refractivity contribution is -0.114. The number of carbonyl (C=O) groups is 2. The van der Waals surface area contributed by atoms with E-state index in [0.29, 0.717) is 28.6 Å². The van der Waals surface area contributed by atoms with Crippen molar-refractivity contribution in [2.45, 2.75) is 6.92 Å². The van der Waals surface area contributed by atoms with Gasteiger partial charge in [0.2, 0.25) is 12.7 Å². The number of carbonyl (C=O) groups excluding carboxylic acids is 2. The normalized spacial score (nSPS) is 11.9. The van der Waals surface area contributed by atoms with Crippen molar-refractivity contribution in [3.63, 3.8) is 0 Å². The number of pyridine rings is 1. The van der Waals surface area contributed by atoms with Gasteiger partial charge in [-0.05, 0) is 24.3 Å². The quantitative estimate of drug-likeness (QED) is 0.905. The Morgan fingerprint density at radius 2 is 1.91 bits per heavy atom. The second-order valence-electron chi connectivity index (χ2n) is 4.63. The summed E-state index contributed by atoms with van der Waals surface area (Å²) in [6, 6.07) is 8.21. The van der Waals surface area contributed by atoms with Crippen molar-refractivity contribution < 1.29 is 19.1 Å². The summed E-state index contributed by atoms with van der Waals surface area (Å²) >= 11 is 0. The topological polar surface area (TPSA) is 89.6 Å². The molecule has 0 atom stereocenters. The maximum Gasteiger partial charge on any atom is 0.255 e. The van der Waals surface area contributed by atoms with Crippen LogP contribution in [0, 0.1) is 0 Å². The van der Waals surface area contributed by atoms with Crippen molar-refractivity contribution in [1.82, 2.24) is 4.98 Å². The third-order valence-electron chi connectivity index (χ3n) is 2.96. The second-order valence-corrected chi connectivity index (χ2v) is 4.63. The molecule has 7 heteroatoms. The van der Waals surface area contributed by atoms with Crippen LogP contribution in [-0.2, 0) is 4.79 Å². The lowest BCUT2D eigenvalue weighted by Gasteiger charge is -2.07. The summed E-state index contributed by atoms with van der Waals surface area (Å²) in [5.41, 5.74) is 0.976. The van der Waals surface area contributed by atoms with Crippen LogP contribution in [-0.4, -0.2) is 23.6 Å². The fourth-order valence-corrected chi connectivity index (χ4v) is 2.00. The summed E-state index contributed by atoms with van der Waals surface area (Å²) in [6.45, 7) is 1.55.